The molecular weight excluding hydrogens is 566 g/mol. The van der Waals surface area contributed by atoms with Gasteiger partial charge in [0.1, 0.15) is 0 Å². The van der Waals surface area contributed by atoms with Gasteiger partial charge in [0.25, 0.3) is 0 Å². The molecule has 0 saturated carbocycles. The van der Waals surface area contributed by atoms with Gasteiger partial charge >= 0.3 is 192 Å². The predicted molar refractivity (Wildman–Crippen MR) is 115 cm³/mol. The van der Waals surface area contributed by atoms with Crippen molar-refractivity contribution in [3.05, 3.63) is 46.0 Å². The van der Waals surface area contributed by atoms with E-state index < -0.39 is 39.5 Å². The molecule has 180 valence electrons. The van der Waals surface area contributed by atoms with Crippen LogP contribution in [0.5, 0.6) is 5.75 Å². The summed E-state index contributed by atoms with van der Waals surface area (Å²) in [5, 5.41) is 3.40. The van der Waals surface area contributed by atoms with E-state index in [1.165, 1.54) is 23.4 Å². The molecule has 2 aliphatic heterocycles. The Bertz CT molecular complexity index is 1270. The van der Waals surface area contributed by atoms with Gasteiger partial charge in [0.2, 0.25) is 0 Å². The number of nitrogens with zero attached hydrogens (tertiary/aromatic N) is 4. The van der Waals surface area contributed by atoms with E-state index >= 15 is 0 Å². The number of amides is 1. The molecule has 1 spiro atoms. The standard InChI is InChI=1S/C22H20F3IN5O3/c1-26-13-4-3-5-14(18(13)23)29-19-12-6-16(17(33-20(24)25)7-15(12)27-11-28-19)31-10-22(34-21(31)32)8-30(2)9-22/h3-7,11,20H,8-10H2,1-2H3,(H,27,28,29)/q-1. The number of fused-ring (bicyclic) bond motifs is 1. The summed E-state index contributed by atoms with van der Waals surface area (Å²) in [6, 6.07) is 7.90. The second-order valence-electron chi connectivity index (χ2n) is 8.16. The van der Waals surface area contributed by atoms with Crippen LogP contribution in [0.3, 0.4) is 0 Å². The number of carbonyl (C=O) groups is 1. The van der Waals surface area contributed by atoms with Gasteiger partial charge in [0.05, 0.1) is 0 Å². The molecule has 3 heterocycles. The average Bonchev–Trinajstić information content (AvgIpc) is 3.11. The Morgan fingerprint density at radius 2 is 2.03 bits per heavy atom. The number of anilines is 3. The minimum absolute atomic E-state index is 0.107. The summed E-state index contributed by atoms with van der Waals surface area (Å²) in [5.41, 5.74) is -0.0486. The molecule has 12 heteroatoms. The summed E-state index contributed by atoms with van der Waals surface area (Å²) in [4.78, 5) is 26.3. The summed E-state index contributed by atoms with van der Waals surface area (Å²) in [6.07, 6.45) is 0.595. The number of rotatable bonds is 6. The summed E-state index contributed by atoms with van der Waals surface area (Å²) in [6.45, 7) is -1.83. The molecule has 1 aromatic heterocycles. The van der Waals surface area contributed by atoms with Crippen LogP contribution in [0.2, 0.25) is 0 Å². The van der Waals surface area contributed by atoms with Gasteiger partial charge in [-0.1, -0.05) is 0 Å². The fraction of sp³-hybridized carbons (Fsp3) is 0.318. The zero-order chi connectivity index (χ0) is 24.0. The first kappa shape index (κ1) is 22.9. The molecule has 2 aromatic carbocycles. The third kappa shape index (κ3) is 4.08. The Balaban J connectivity index is 1.58. The molecule has 0 aliphatic carbocycles. The summed E-state index contributed by atoms with van der Waals surface area (Å²) >= 11 is -0.477. The molecule has 8 nitrogen and oxygen atoms in total. The number of carbonyl (C=O) groups excluding carboxylic acids is 1. The first-order valence-corrected chi connectivity index (χ1v) is 13.5. The van der Waals surface area contributed by atoms with Gasteiger partial charge in [-0.15, -0.1) is 0 Å². The van der Waals surface area contributed by atoms with Gasteiger partial charge in [-0.3, -0.25) is 4.90 Å². The van der Waals surface area contributed by atoms with Crippen molar-refractivity contribution in [1.82, 2.24) is 14.9 Å². The van der Waals surface area contributed by atoms with Crippen LogP contribution in [-0.2, 0) is 4.74 Å². The molecule has 1 amide bonds. The Labute approximate surface area is 203 Å². The molecule has 0 atom stereocenters. The van der Waals surface area contributed by atoms with Crippen LogP contribution in [-0.4, -0.2) is 64.8 Å². The van der Waals surface area contributed by atoms with Gasteiger partial charge in [-0.25, -0.2) is 0 Å². The fourth-order valence-electron chi connectivity index (χ4n) is 4.36. The number of likely N-dealkylation sites (N-methyl/N-ethyl adjacent to an activating group) is 1. The second-order valence-corrected chi connectivity index (χ2v) is 10.4. The van der Waals surface area contributed by atoms with Crippen molar-refractivity contribution in [3.8, 4) is 5.75 Å². The van der Waals surface area contributed by atoms with Crippen molar-refractivity contribution in [2.75, 3.05) is 41.8 Å². The van der Waals surface area contributed by atoms with Gasteiger partial charge in [-0.2, -0.15) is 0 Å². The molecule has 34 heavy (non-hydrogen) atoms. The zero-order valence-electron chi connectivity index (χ0n) is 18.2. The molecule has 2 fully saturated rings. The van der Waals surface area contributed by atoms with Crippen molar-refractivity contribution in [2.24, 2.45) is 0 Å². The fourth-order valence-corrected chi connectivity index (χ4v) is 5.69. The van der Waals surface area contributed by atoms with Crippen molar-refractivity contribution in [3.63, 3.8) is 0 Å². The number of likely N-dealkylation sites (tertiary alicyclic amines) is 1. The number of halogens is 4. The zero-order valence-corrected chi connectivity index (χ0v) is 20.3. The first-order valence-electron chi connectivity index (χ1n) is 10.3. The van der Waals surface area contributed by atoms with E-state index in [9.17, 15) is 18.0 Å². The van der Waals surface area contributed by atoms with Crippen LogP contribution in [0.4, 0.5) is 35.2 Å². The van der Waals surface area contributed by atoms with Gasteiger partial charge in [-0.05, 0) is 7.05 Å². The van der Waals surface area contributed by atoms with Crippen LogP contribution < -0.4 is 36.2 Å². The van der Waals surface area contributed by atoms with Crippen molar-refractivity contribution >= 4 is 34.2 Å². The summed E-state index contributed by atoms with van der Waals surface area (Å²) < 4.78 is 52.2. The van der Waals surface area contributed by atoms with Gasteiger partial charge in [0, 0.05) is 0 Å². The second kappa shape index (κ2) is 8.73. The average molecular weight is 586 g/mol. The summed E-state index contributed by atoms with van der Waals surface area (Å²) in [5.74, 6) is -0.301. The minimum atomic E-state index is -3.10. The van der Waals surface area contributed by atoms with Gasteiger partial charge in [0.15, 0.2) is 0 Å². The number of hydrogen-bond acceptors (Lipinski definition) is 7. The number of ether oxygens (including phenoxy) is 2. The quantitative estimate of drug-likeness (QED) is 0.336. The number of nitrogens with one attached hydrogen (secondary N) is 1. The van der Waals surface area contributed by atoms with Crippen LogP contribution in [0.15, 0.2) is 36.7 Å². The SMILES string of the molecule is C[I-]c1cccc(Nc2ncnc3cc(OC(F)F)c(N4CC5(CN(C)C5)OC4=O)cc23)c1F. The number of benzene rings is 2. The van der Waals surface area contributed by atoms with E-state index in [2.05, 4.69) is 15.3 Å². The topological polar surface area (TPSA) is 79.8 Å². The third-order valence-corrected chi connectivity index (χ3v) is 7.71. The van der Waals surface area contributed by atoms with E-state index in [-0.39, 0.29) is 35.3 Å². The first-order chi connectivity index (χ1) is 16.3. The van der Waals surface area contributed by atoms with E-state index in [0.717, 1.165) is 0 Å². The Kier molecular flexibility index (Phi) is 5.88. The van der Waals surface area contributed by atoms with E-state index in [0.29, 0.717) is 27.6 Å². The van der Waals surface area contributed by atoms with Crippen LogP contribution in [0, 0.1) is 9.39 Å². The molecular formula is C22H20F3IN5O3-. The van der Waals surface area contributed by atoms with E-state index in [1.807, 2.05) is 16.9 Å². The van der Waals surface area contributed by atoms with Crippen molar-refractivity contribution < 1.29 is 48.6 Å². The number of alkyl halides is 3. The molecule has 2 saturated heterocycles. The van der Waals surface area contributed by atoms with Crippen LogP contribution >= 0.6 is 0 Å². The summed E-state index contributed by atoms with van der Waals surface area (Å²) in [7, 11) is 1.90. The molecule has 2 aliphatic rings. The maximum absolute atomic E-state index is 14.8. The number of aromatic nitrogens is 2. The molecule has 0 bridgehead atoms. The van der Waals surface area contributed by atoms with E-state index in [1.54, 1.807) is 18.2 Å². The molecule has 5 rings (SSSR count). The monoisotopic (exact) mass is 586 g/mol. The van der Waals surface area contributed by atoms with E-state index in [4.69, 9.17) is 9.47 Å². The Morgan fingerprint density at radius 3 is 2.74 bits per heavy atom. The van der Waals surface area contributed by atoms with Crippen molar-refractivity contribution in [1.29, 1.82) is 0 Å². The van der Waals surface area contributed by atoms with Crippen molar-refractivity contribution in [2.45, 2.75) is 12.2 Å². The molecule has 1 N–H and O–H groups in total. The Morgan fingerprint density at radius 1 is 1.24 bits per heavy atom. The molecule has 3 aromatic rings. The normalized spacial score (nSPS) is 17.5. The Hall–Kier alpha value is -2.87. The molecule has 0 unspecified atom stereocenters. The maximum atomic E-state index is 14.8. The third-order valence-electron chi connectivity index (χ3n) is 5.72. The predicted octanol–water partition coefficient (Wildman–Crippen LogP) is 0.643. The molecule has 0 radical (unpaired) electrons. The van der Waals surface area contributed by atoms with Gasteiger partial charge < -0.3 is 0 Å². The van der Waals surface area contributed by atoms with Crippen LogP contribution in [0.1, 0.15) is 0 Å². The van der Waals surface area contributed by atoms with Crippen LogP contribution in [0.25, 0.3) is 10.9 Å². The number of hydrogen-bond donors (Lipinski definition) is 1.